The normalized spacial score (nSPS) is 10.9. The molecule has 0 aliphatic rings. The van der Waals surface area contributed by atoms with Gasteiger partial charge >= 0.3 is 5.97 Å². The maximum Gasteiger partial charge on any atom is 0.348 e. The third-order valence-corrected chi connectivity index (χ3v) is 2.27. The smallest absolute Gasteiger partial charge is 0.348 e. The first-order valence-corrected chi connectivity index (χ1v) is 6.03. The van der Waals surface area contributed by atoms with Crippen LogP contribution in [-0.2, 0) is 9.53 Å². The fraction of sp³-hybridized carbons (Fsp3) is 0.692. The molecule has 0 amide bonds. The quantitative estimate of drug-likeness (QED) is 0.274. The first-order chi connectivity index (χ1) is 7.76. The van der Waals surface area contributed by atoms with Gasteiger partial charge in [0.1, 0.15) is 11.6 Å². The second-order valence-electron chi connectivity index (χ2n) is 3.65. The van der Waals surface area contributed by atoms with Crippen LogP contribution in [0.5, 0.6) is 0 Å². The minimum atomic E-state index is -0.501. The lowest BCUT2D eigenvalue weighted by atomic mass is 10.1. The highest BCUT2D eigenvalue weighted by Crippen LogP contribution is 2.07. The Labute approximate surface area is 98.1 Å². The van der Waals surface area contributed by atoms with Crippen molar-refractivity contribution >= 4 is 5.97 Å². The first kappa shape index (κ1) is 14.7. The Morgan fingerprint density at radius 2 is 1.94 bits per heavy atom. The van der Waals surface area contributed by atoms with Gasteiger partial charge in [0.15, 0.2) is 0 Å². The molecule has 0 spiro atoms. The van der Waals surface area contributed by atoms with Crippen molar-refractivity contribution in [3.63, 3.8) is 0 Å². The highest BCUT2D eigenvalue weighted by Gasteiger charge is 2.08. The standard InChI is InChI=1S/C13H21NO2/c1-3-5-6-7-8-9-10-12(11-14)13(15)16-4-2/h10H,3-9H2,1-2H3. The van der Waals surface area contributed by atoms with Gasteiger partial charge < -0.3 is 4.74 Å². The maximum atomic E-state index is 11.2. The zero-order chi connectivity index (χ0) is 12.2. The van der Waals surface area contributed by atoms with Crippen LogP contribution < -0.4 is 0 Å². The Morgan fingerprint density at radius 3 is 2.50 bits per heavy atom. The molecule has 0 heterocycles. The van der Waals surface area contributed by atoms with Crippen LogP contribution in [0.1, 0.15) is 52.4 Å². The Kier molecular flexibility index (Phi) is 9.39. The molecule has 0 N–H and O–H groups in total. The summed E-state index contributed by atoms with van der Waals surface area (Å²) in [5.74, 6) is -0.501. The molecule has 0 unspecified atom stereocenters. The number of ether oxygens (including phenoxy) is 1. The van der Waals surface area contributed by atoms with E-state index in [4.69, 9.17) is 10.00 Å². The molecule has 0 radical (unpaired) electrons. The van der Waals surface area contributed by atoms with Crippen LogP contribution in [0.3, 0.4) is 0 Å². The third-order valence-electron chi connectivity index (χ3n) is 2.27. The minimum absolute atomic E-state index is 0.136. The van der Waals surface area contributed by atoms with Gasteiger partial charge in [-0.2, -0.15) is 5.26 Å². The second kappa shape index (κ2) is 10.2. The third kappa shape index (κ3) is 7.05. The number of allylic oxidation sites excluding steroid dienone is 1. The van der Waals surface area contributed by atoms with Gasteiger partial charge in [-0.3, -0.25) is 0 Å². The fourth-order valence-corrected chi connectivity index (χ4v) is 1.38. The molecule has 3 heteroatoms. The monoisotopic (exact) mass is 223 g/mol. The van der Waals surface area contributed by atoms with Crippen molar-refractivity contribution < 1.29 is 9.53 Å². The van der Waals surface area contributed by atoms with E-state index in [1.807, 2.05) is 6.07 Å². The topological polar surface area (TPSA) is 50.1 Å². The molecule has 0 saturated heterocycles. The molecule has 16 heavy (non-hydrogen) atoms. The number of rotatable bonds is 8. The molecule has 90 valence electrons. The molecule has 0 aromatic heterocycles. The minimum Gasteiger partial charge on any atom is -0.462 e. The van der Waals surface area contributed by atoms with Crippen LogP contribution in [0.15, 0.2) is 11.6 Å². The lowest BCUT2D eigenvalue weighted by Crippen LogP contribution is -2.06. The van der Waals surface area contributed by atoms with Gasteiger partial charge in [0, 0.05) is 0 Å². The zero-order valence-corrected chi connectivity index (χ0v) is 10.3. The summed E-state index contributed by atoms with van der Waals surface area (Å²) in [5, 5.41) is 8.74. The molecule has 0 atom stereocenters. The van der Waals surface area contributed by atoms with Crippen LogP contribution in [0, 0.1) is 11.3 Å². The SMILES string of the molecule is CCCCCCCC=C(C#N)C(=O)OCC. The number of carbonyl (C=O) groups is 1. The average Bonchev–Trinajstić information content (AvgIpc) is 2.28. The molecule has 0 aromatic rings. The van der Waals surface area contributed by atoms with Crippen LogP contribution in [0.25, 0.3) is 0 Å². The summed E-state index contributed by atoms with van der Waals surface area (Å²) in [6, 6.07) is 1.88. The van der Waals surface area contributed by atoms with Crippen molar-refractivity contribution in [2.45, 2.75) is 52.4 Å². The van der Waals surface area contributed by atoms with Gasteiger partial charge in [-0.1, -0.05) is 38.7 Å². The average molecular weight is 223 g/mol. The number of hydrogen-bond donors (Lipinski definition) is 0. The molecule has 0 aliphatic heterocycles. The van der Waals surface area contributed by atoms with Crippen LogP contribution >= 0.6 is 0 Å². The Morgan fingerprint density at radius 1 is 1.25 bits per heavy atom. The van der Waals surface area contributed by atoms with E-state index in [1.165, 1.54) is 19.3 Å². The highest BCUT2D eigenvalue weighted by molar-refractivity contribution is 5.92. The summed E-state index contributed by atoms with van der Waals surface area (Å²) in [6.45, 7) is 4.22. The van der Waals surface area contributed by atoms with Crippen molar-refractivity contribution in [3.8, 4) is 6.07 Å². The number of nitriles is 1. The summed E-state index contributed by atoms with van der Waals surface area (Å²) < 4.78 is 4.76. The fourth-order valence-electron chi connectivity index (χ4n) is 1.38. The second-order valence-corrected chi connectivity index (χ2v) is 3.65. The Bertz CT molecular complexity index is 264. The Balaban J connectivity index is 3.81. The summed E-state index contributed by atoms with van der Waals surface area (Å²) in [4.78, 5) is 11.2. The molecule has 0 aromatic carbocycles. The lowest BCUT2D eigenvalue weighted by Gasteiger charge is -2.00. The van der Waals surface area contributed by atoms with Crippen molar-refractivity contribution in [1.82, 2.24) is 0 Å². The van der Waals surface area contributed by atoms with Gasteiger partial charge in [0.2, 0.25) is 0 Å². The van der Waals surface area contributed by atoms with E-state index >= 15 is 0 Å². The van der Waals surface area contributed by atoms with Gasteiger partial charge in [-0.05, 0) is 19.8 Å². The van der Waals surface area contributed by atoms with Gasteiger partial charge in [0.05, 0.1) is 6.61 Å². The zero-order valence-electron chi connectivity index (χ0n) is 10.3. The lowest BCUT2D eigenvalue weighted by molar-refractivity contribution is -0.138. The van der Waals surface area contributed by atoms with E-state index in [9.17, 15) is 4.79 Å². The molecular formula is C13H21NO2. The predicted molar refractivity (Wildman–Crippen MR) is 63.7 cm³/mol. The number of hydrogen-bond acceptors (Lipinski definition) is 3. The Hall–Kier alpha value is -1.30. The van der Waals surface area contributed by atoms with Crippen molar-refractivity contribution in [1.29, 1.82) is 5.26 Å². The van der Waals surface area contributed by atoms with E-state index in [1.54, 1.807) is 13.0 Å². The number of carbonyl (C=O) groups excluding carboxylic acids is 1. The van der Waals surface area contributed by atoms with Crippen LogP contribution in [0.2, 0.25) is 0 Å². The van der Waals surface area contributed by atoms with E-state index in [2.05, 4.69) is 6.92 Å². The molecule has 0 fully saturated rings. The van der Waals surface area contributed by atoms with Gasteiger partial charge in [-0.15, -0.1) is 0 Å². The number of unbranched alkanes of at least 4 members (excludes halogenated alkanes) is 5. The van der Waals surface area contributed by atoms with E-state index < -0.39 is 5.97 Å². The summed E-state index contributed by atoms with van der Waals surface area (Å²) >= 11 is 0. The molecule has 0 saturated carbocycles. The van der Waals surface area contributed by atoms with Crippen molar-refractivity contribution in [3.05, 3.63) is 11.6 Å². The molecule has 3 nitrogen and oxygen atoms in total. The molecule has 0 rings (SSSR count). The van der Waals surface area contributed by atoms with E-state index in [0.717, 1.165) is 19.3 Å². The van der Waals surface area contributed by atoms with Crippen LogP contribution in [-0.4, -0.2) is 12.6 Å². The summed E-state index contributed by atoms with van der Waals surface area (Å²) in [6.07, 6.45) is 8.37. The van der Waals surface area contributed by atoms with Gasteiger partial charge in [-0.25, -0.2) is 4.79 Å². The number of nitrogens with zero attached hydrogens (tertiary/aromatic N) is 1. The molecule has 0 aliphatic carbocycles. The predicted octanol–water partition coefficient (Wildman–Crippen LogP) is 3.36. The number of esters is 1. The van der Waals surface area contributed by atoms with Crippen LogP contribution in [0.4, 0.5) is 0 Å². The first-order valence-electron chi connectivity index (χ1n) is 6.03. The summed E-state index contributed by atoms with van der Waals surface area (Å²) in [5.41, 5.74) is 0.136. The van der Waals surface area contributed by atoms with Gasteiger partial charge in [0.25, 0.3) is 0 Å². The largest absolute Gasteiger partial charge is 0.462 e. The van der Waals surface area contributed by atoms with E-state index in [0.29, 0.717) is 6.61 Å². The molecular weight excluding hydrogens is 202 g/mol. The van der Waals surface area contributed by atoms with Crippen molar-refractivity contribution in [2.75, 3.05) is 6.61 Å². The van der Waals surface area contributed by atoms with E-state index in [-0.39, 0.29) is 5.57 Å². The summed E-state index contributed by atoms with van der Waals surface area (Å²) in [7, 11) is 0. The highest BCUT2D eigenvalue weighted by atomic mass is 16.5. The van der Waals surface area contributed by atoms with Crippen molar-refractivity contribution in [2.24, 2.45) is 0 Å². The molecule has 0 bridgehead atoms. The maximum absolute atomic E-state index is 11.2.